The highest BCUT2D eigenvalue weighted by molar-refractivity contribution is 6.01. The molecule has 0 aliphatic heterocycles. The molecule has 0 unspecified atom stereocenters. The SMILES string of the molecule is CCCN(CCC)c1c2cccc(-c3ccc(OC)cc3OC)c2nn1C.Cl. The second-order valence-electron chi connectivity index (χ2n) is 6.70. The minimum absolute atomic E-state index is 0. The van der Waals surface area contributed by atoms with E-state index in [1.165, 1.54) is 11.2 Å². The van der Waals surface area contributed by atoms with Gasteiger partial charge in [-0.3, -0.25) is 4.68 Å². The molecular formula is C22H30ClN3O2. The van der Waals surface area contributed by atoms with Gasteiger partial charge in [-0.2, -0.15) is 5.10 Å². The summed E-state index contributed by atoms with van der Waals surface area (Å²) in [6, 6.07) is 12.3. The van der Waals surface area contributed by atoms with Gasteiger partial charge in [-0.25, -0.2) is 0 Å². The maximum Gasteiger partial charge on any atom is 0.134 e. The molecule has 1 heterocycles. The van der Waals surface area contributed by atoms with Crippen molar-refractivity contribution in [1.82, 2.24) is 9.78 Å². The lowest BCUT2D eigenvalue weighted by Gasteiger charge is -2.23. The third-order valence-corrected chi connectivity index (χ3v) is 4.82. The van der Waals surface area contributed by atoms with E-state index in [9.17, 15) is 0 Å². The smallest absolute Gasteiger partial charge is 0.134 e. The number of halogens is 1. The lowest BCUT2D eigenvalue weighted by atomic mass is 10.0. The largest absolute Gasteiger partial charge is 0.497 e. The zero-order valence-corrected chi connectivity index (χ0v) is 18.2. The van der Waals surface area contributed by atoms with E-state index in [1.54, 1.807) is 14.2 Å². The van der Waals surface area contributed by atoms with Gasteiger partial charge >= 0.3 is 0 Å². The number of ether oxygens (including phenoxy) is 2. The number of methoxy groups -OCH3 is 2. The Morgan fingerprint density at radius 1 is 0.964 bits per heavy atom. The summed E-state index contributed by atoms with van der Waals surface area (Å²) in [7, 11) is 5.38. The molecule has 0 radical (unpaired) electrons. The molecule has 0 aliphatic carbocycles. The van der Waals surface area contributed by atoms with Crippen LogP contribution in [0.4, 0.5) is 5.82 Å². The van der Waals surface area contributed by atoms with E-state index in [0.717, 1.165) is 54.1 Å². The van der Waals surface area contributed by atoms with Gasteiger partial charge in [0.15, 0.2) is 0 Å². The first-order valence-corrected chi connectivity index (χ1v) is 9.57. The van der Waals surface area contributed by atoms with Crippen molar-refractivity contribution in [1.29, 1.82) is 0 Å². The van der Waals surface area contributed by atoms with Gasteiger partial charge in [0.05, 0.1) is 14.2 Å². The van der Waals surface area contributed by atoms with Gasteiger partial charge in [0, 0.05) is 42.7 Å². The van der Waals surface area contributed by atoms with Crippen molar-refractivity contribution in [2.75, 3.05) is 32.2 Å². The molecule has 0 saturated heterocycles. The van der Waals surface area contributed by atoms with Crippen molar-refractivity contribution in [2.24, 2.45) is 7.05 Å². The molecule has 5 nitrogen and oxygen atoms in total. The zero-order valence-electron chi connectivity index (χ0n) is 17.4. The van der Waals surface area contributed by atoms with Crippen LogP contribution in [0, 0.1) is 0 Å². The van der Waals surface area contributed by atoms with Crippen molar-refractivity contribution in [3.8, 4) is 22.6 Å². The Labute approximate surface area is 173 Å². The van der Waals surface area contributed by atoms with Crippen LogP contribution >= 0.6 is 12.4 Å². The fourth-order valence-corrected chi connectivity index (χ4v) is 3.68. The zero-order chi connectivity index (χ0) is 19.4. The van der Waals surface area contributed by atoms with Gasteiger partial charge in [-0.1, -0.05) is 26.0 Å². The normalized spacial score (nSPS) is 10.6. The Hall–Kier alpha value is -2.40. The van der Waals surface area contributed by atoms with Crippen LogP contribution in [0.2, 0.25) is 0 Å². The summed E-state index contributed by atoms with van der Waals surface area (Å²) in [6.07, 6.45) is 2.22. The Kier molecular flexibility index (Phi) is 7.58. The minimum atomic E-state index is 0. The van der Waals surface area contributed by atoms with E-state index in [4.69, 9.17) is 14.6 Å². The second-order valence-corrected chi connectivity index (χ2v) is 6.70. The van der Waals surface area contributed by atoms with E-state index in [0.29, 0.717) is 0 Å². The molecule has 0 fully saturated rings. The third-order valence-electron chi connectivity index (χ3n) is 4.82. The monoisotopic (exact) mass is 403 g/mol. The summed E-state index contributed by atoms with van der Waals surface area (Å²) < 4.78 is 13.0. The molecule has 0 amide bonds. The van der Waals surface area contributed by atoms with Crippen LogP contribution in [0.15, 0.2) is 36.4 Å². The number of benzene rings is 2. The average molecular weight is 404 g/mol. The molecule has 3 rings (SSSR count). The molecule has 0 N–H and O–H groups in total. The van der Waals surface area contributed by atoms with Gasteiger partial charge in [0.2, 0.25) is 0 Å². The molecular weight excluding hydrogens is 374 g/mol. The van der Waals surface area contributed by atoms with Crippen molar-refractivity contribution >= 4 is 29.1 Å². The molecule has 3 aromatic rings. The molecule has 0 saturated carbocycles. The standard InChI is InChI=1S/C22H29N3O2.ClH/c1-6-13-25(14-7-2)22-19-10-8-9-18(21(19)23-24(22)3)17-12-11-16(26-4)15-20(17)27-5;/h8-12,15H,6-7,13-14H2,1-5H3;1H. The van der Waals surface area contributed by atoms with Gasteiger partial charge in [-0.05, 0) is 31.0 Å². The van der Waals surface area contributed by atoms with Crippen LogP contribution in [0.5, 0.6) is 11.5 Å². The average Bonchev–Trinajstić information content (AvgIpc) is 3.03. The van der Waals surface area contributed by atoms with Crippen molar-refractivity contribution in [2.45, 2.75) is 26.7 Å². The molecule has 152 valence electrons. The Morgan fingerprint density at radius 3 is 2.29 bits per heavy atom. The minimum Gasteiger partial charge on any atom is -0.497 e. The summed E-state index contributed by atoms with van der Waals surface area (Å²) in [5, 5.41) is 6.06. The van der Waals surface area contributed by atoms with E-state index >= 15 is 0 Å². The number of fused-ring (bicyclic) bond motifs is 1. The van der Waals surface area contributed by atoms with Crippen molar-refractivity contribution < 1.29 is 9.47 Å². The number of rotatable bonds is 8. The lowest BCUT2D eigenvalue weighted by molar-refractivity contribution is 0.395. The summed E-state index contributed by atoms with van der Waals surface area (Å²) in [4.78, 5) is 2.43. The number of aryl methyl sites for hydroxylation is 1. The Bertz CT molecular complexity index is 918. The first-order chi connectivity index (χ1) is 13.1. The number of aromatic nitrogens is 2. The van der Waals surface area contributed by atoms with Crippen LogP contribution < -0.4 is 14.4 Å². The molecule has 2 aromatic carbocycles. The highest BCUT2D eigenvalue weighted by atomic mass is 35.5. The van der Waals surface area contributed by atoms with E-state index in [2.05, 4.69) is 36.9 Å². The van der Waals surface area contributed by atoms with E-state index in [-0.39, 0.29) is 12.4 Å². The predicted octanol–water partition coefficient (Wildman–Crippen LogP) is 5.31. The van der Waals surface area contributed by atoms with Crippen molar-refractivity contribution in [3.63, 3.8) is 0 Å². The molecule has 6 heteroatoms. The maximum atomic E-state index is 5.63. The Balaban J connectivity index is 0.00000280. The van der Waals surface area contributed by atoms with Crippen LogP contribution in [-0.4, -0.2) is 37.1 Å². The van der Waals surface area contributed by atoms with Gasteiger partial charge in [0.1, 0.15) is 22.8 Å². The van der Waals surface area contributed by atoms with Gasteiger partial charge in [0.25, 0.3) is 0 Å². The van der Waals surface area contributed by atoms with Crippen molar-refractivity contribution in [3.05, 3.63) is 36.4 Å². The fourth-order valence-electron chi connectivity index (χ4n) is 3.68. The molecule has 0 bridgehead atoms. The van der Waals surface area contributed by atoms with Crippen LogP contribution in [0.3, 0.4) is 0 Å². The summed E-state index contributed by atoms with van der Waals surface area (Å²) in [6.45, 7) is 6.49. The van der Waals surface area contributed by atoms with E-state index in [1.807, 2.05) is 29.9 Å². The second kappa shape index (κ2) is 9.69. The lowest BCUT2D eigenvalue weighted by Crippen LogP contribution is -2.27. The van der Waals surface area contributed by atoms with E-state index < -0.39 is 0 Å². The molecule has 0 aliphatic rings. The molecule has 1 aromatic heterocycles. The molecule has 0 atom stereocenters. The van der Waals surface area contributed by atoms with Crippen LogP contribution in [0.25, 0.3) is 22.0 Å². The van der Waals surface area contributed by atoms with Crippen LogP contribution in [0.1, 0.15) is 26.7 Å². The number of nitrogens with zero attached hydrogens (tertiary/aromatic N) is 3. The quantitative estimate of drug-likeness (QED) is 0.511. The fraction of sp³-hybridized carbons (Fsp3) is 0.409. The predicted molar refractivity (Wildman–Crippen MR) is 119 cm³/mol. The van der Waals surface area contributed by atoms with Gasteiger partial charge < -0.3 is 14.4 Å². The third kappa shape index (κ3) is 4.04. The highest BCUT2D eigenvalue weighted by Crippen LogP contribution is 2.39. The topological polar surface area (TPSA) is 39.5 Å². The maximum absolute atomic E-state index is 5.63. The molecule has 28 heavy (non-hydrogen) atoms. The first-order valence-electron chi connectivity index (χ1n) is 9.57. The Morgan fingerprint density at radius 2 is 1.68 bits per heavy atom. The summed E-state index contributed by atoms with van der Waals surface area (Å²) in [5.74, 6) is 2.75. The first kappa shape index (κ1) is 21.9. The summed E-state index contributed by atoms with van der Waals surface area (Å²) >= 11 is 0. The number of hydrogen-bond donors (Lipinski definition) is 0. The van der Waals surface area contributed by atoms with Gasteiger partial charge in [-0.15, -0.1) is 12.4 Å². The number of anilines is 1. The molecule has 0 spiro atoms. The summed E-state index contributed by atoms with van der Waals surface area (Å²) in [5.41, 5.74) is 3.09. The number of hydrogen-bond acceptors (Lipinski definition) is 4. The highest BCUT2D eigenvalue weighted by Gasteiger charge is 2.19. The van der Waals surface area contributed by atoms with Crippen LogP contribution in [-0.2, 0) is 7.05 Å².